The van der Waals surface area contributed by atoms with Crippen molar-refractivity contribution in [2.75, 3.05) is 6.54 Å². The van der Waals surface area contributed by atoms with E-state index in [1.165, 1.54) is 6.08 Å². The number of aliphatic imine (C=N–C) groups is 1. The van der Waals surface area contributed by atoms with Crippen molar-refractivity contribution in [3.63, 3.8) is 0 Å². The molecule has 0 aromatic carbocycles. The SMILES string of the molecule is C=CC(=O)OC(C)(C)CN=C=O. The van der Waals surface area contributed by atoms with Crippen LogP contribution in [0.4, 0.5) is 0 Å². The first-order chi connectivity index (χ1) is 5.52. The number of rotatable bonds is 4. The highest BCUT2D eigenvalue weighted by Crippen LogP contribution is 2.09. The number of carbonyl (C=O) groups is 1. The van der Waals surface area contributed by atoms with Gasteiger partial charge >= 0.3 is 5.97 Å². The number of hydrogen-bond acceptors (Lipinski definition) is 4. The van der Waals surface area contributed by atoms with Crippen LogP contribution in [0, 0.1) is 0 Å². The highest BCUT2D eigenvalue weighted by Gasteiger charge is 2.20. The molecule has 0 aromatic heterocycles. The van der Waals surface area contributed by atoms with E-state index in [9.17, 15) is 9.59 Å². The molecule has 0 aliphatic carbocycles. The van der Waals surface area contributed by atoms with Gasteiger partial charge in [-0.1, -0.05) is 6.58 Å². The van der Waals surface area contributed by atoms with Crippen LogP contribution in [0.3, 0.4) is 0 Å². The predicted octanol–water partition coefficient (Wildman–Crippen LogP) is 0.830. The third-order valence-electron chi connectivity index (χ3n) is 1.07. The largest absolute Gasteiger partial charge is 0.455 e. The van der Waals surface area contributed by atoms with Crippen LogP contribution in [0.15, 0.2) is 17.6 Å². The molecule has 0 amide bonds. The van der Waals surface area contributed by atoms with Crippen molar-refractivity contribution >= 4 is 12.0 Å². The Balaban J connectivity index is 4.11. The first-order valence-electron chi connectivity index (χ1n) is 3.41. The Morgan fingerprint density at radius 3 is 2.75 bits per heavy atom. The fourth-order valence-corrected chi connectivity index (χ4v) is 0.569. The topological polar surface area (TPSA) is 55.7 Å². The van der Waals surface area contributed by atoms with E-state index in [0.717, 1.165) is 6.08 Å². The second-order valence-corrected chi connectivity index (χ2v) is 2.79. The summed E-state index contributed by atoms with van der Waals surface area (Å²) in [4.78, 5) is 23.8. The van der Waals surface area contributed by atoms with E-state index in [0.29, 0.717) is 0 Å². The smallest absolute Gasteiger partial charge is 0.330 e. The van der Waals surface area contributed by atoms with Crippen molar-refractivity contribution in [2.24, 2.45) is 4.99 Å². The minimum absolute atomic E-state index is 0.107. The number of esters is 1. The summed E-state index contributed by atoms with van der Waals surface area (Å²) in [6.45, 7) is 6.65. The molecule has 0 spiro atoms. The van der Waals surface area contributed by atoms with Crippen molar-refractivity contribution in [2.45, 2.75) is 19.4 Å². The lowest BCUT2D eigenvalue weighted by atomic mass is 10.1. The lowest BCUT2D eigenvalue weighted by Crippen LogP contribution is -2.30. The van der Waals surface area contributed by atoms with Crippen molar-refractivity contribution in [1.29, 1.82) is 0 Å². The summed E-state index contributed by atoms with van der Waals surface area (Å²) < 4.78 is 4.86. The Bertz CT molecular complexity index is 226. The van der Waals surface area contributed by atoms with Gasteiger partial charge in [0.1, 0.15) is 5.60 Å². The molecule has 0 bridgehead atoms. The van der Waals surface area contributed by atoms with Gasteiger partial charge in [-0.2, -0.15) is 0 Å². The second-order valence-electron chi connectivity index (χ2n) is 2.79. The number of ether oxygens (including phenoxy) is 1. The van der Waals surface area contributed by atoms with E-state index < -0.39 is 11.6 Å². The highest BCUT2D eigenvalue weighted by molar-refractivity contribution is 5.81. The lowest BCUT2D eigenvalue weighted by Gasteiger charge is -2.20. The zero-order valence-electron chi connectivity index (χ0n) is 7.16. The third kappa shape index (κ3) is 4.41. The van der Waals surface area contributed by atoms with Gasteiger partial charge in [-0.25, -0.2) is 14.6 Å². The summed E-state index contributed by atoms with van der Waals surface area (Å²) in [6.07, 6.45) is 2.43. The van der Waals surface area contributed by atoms with Crippen molar-refractivity contribution in [1.82, 2.24) is 0 Å². The maximum Gasteiger partial charge on any atom is 0.330 e. The Morgan fingerprint density at radius 1 is 1.75 bits per heavy atom. The lowest BCUT2D eigenvalue weighted by molar-refractivity contribution is -0.149. The fraction of sp³-hybridized carbons (Fsp3) is 0.500. The summed E-state index contributed by atoms with van der Waals surface area (Å²) in [5.74, 6) is -0.527. The minimum atomic E-state index is -0.775. The number of isocyanates is 1. The molecule has 0 aliphatic rings. The van der Waals surface area contributed by atoms with Gasteiger partial charge in [0.05, 0.1) is 6.54 Å². The summed E-state index contributed by atoms with van der Waals surface area (Å²) in [5.41, 5.74) is -0.775. The molecule has 0 rings (SSSR count). The van der Waals surface area contributed by atoms with Crippen molar-refractivity contribution in [3.8, 4) is 0 Å². The molecule has 4 nitrogen and oxygen atoms in total. The number of carbonyl (C=O) groups excluding carboxylic acids is 2. The van der Waals surface area contributed by atoms with Crippen LogP contribution in [0.25, 0.3) is 0 Å². The van der Waals surface area contributed by atoms with Crippen LogP contribution in [0.5, 0.6) is 0 Å². The van der Waals surface area contributed by atoms with Crippen LogP contribution in [0.2, 0.25) is 0 Å². The van der Waals surface area contributed by atoms with Crippen LogP contribution in [0.1, 0.15) is 13.8 Å². The molecule has 66 valence electrons. The van der Waals surface area contributed by atoms with Gasteiger partial charge in [-0.05, 0) is 13.8 Å². The maximum atomic E-state index is 10.7. The maximum absolute atomic E-state index is 10.7. The summed E-state index contributed by atoms with van der Waals surface area (Å²) in [7, 11) is 0. The summed E-state index contributed by atoms with van der Waals surface area (Å²) in [6, 6.07) is 0. The molecular formula is C8H11NO3. The molecule has 0 aliphatic heterocycles. The summed E-state index contributed by atoms with van der Waals surface area (Å²) in [5, 5.41) is 0. The molecule has 4 heteroatoms. The van der Waals surface area contributed by atoms with E-state index in [-0.39, 0.29) is 6.54 Å². The van der Waals surface area contributed by atoms with E-state index >= 15 is 0 Å². The highest BCUT2D eigenvalue weighted by atomic mass is 16.6. The van der Waals surface area contributed by atoms with Crippen molar-refractivity contribution in [3.05, 3.63) is 12.7 Å². The normalized spacial score (nSPS) is 9.83. The third-order valence-corrected chi connectivity index (χ3v) is 1.07. The monoisotopic (exact) mass is 169 g/mol. The van der Waals surface area contributed by atoms with E-state index in [1.807, 2.05) is 0 Å². The zero-order valence-corrected chi connectivity index (χ0v) is 7.16. The molecule has 0 unspecified atom stereocenters. The average Bonchev–Trinajstić information content (AvgIpc) is 2.00. The standard InChI is InChI=1S/C8H11NO3/c1-4-7(11)12-8(2,3)5-9-6-10/h4H,1,5H2,2-3H3. The molecular weight excluding hydrogens is 158 g/mol. The molecule has 0 saturated heterocycles. The Morgan fingerprint density at radius 2 is 2.33 bits per heavy atom. The first kappa shape index (κ1) is 10.6. The van der Waals surface area contributed by atoms with Crippen LogP contribution < -0.4 is 0 Å². The van der Waals surface area contributed by atoms with Gasteiger partial charge in [0.15, 0.2) is 0 Å². The van der Waals surface area contributed by atoms with Gasteiger partial charge in [-0.15, -0.1) is 0 Å². The van der Waals surface area contributed by atoms with Crippen LogP contribution in [-0.4, -0.2) is 24.2 Å². The molecule has 0 aromatic rings. The van der Waals surface area contributed by atoms with Crippen LogP contribution >= 0.6 is 0 Å². The van der Waals surface area contributed by atoms with Gasteiger partial charge in [0.2, 0.25) is 6.08 Å². The molecule has 0 radical (unpaired) electrons. The quantitative estimate of drug-likeness (QED) is 0.271. The molecule has 0 fully saturated rings. The van der Waals surface area contributed by atoms with Gasteiger partial charge < -0.3 is 4.74 Å². The number of hydrogen-bond donors (Lipinski definition) is 0. The van der Waals surface area contributed by atoms with Crippen LogP contribution in [-0.2, 0) is 14.3 Å². The van der Waals surface area contributed by atoms with Gasteiger partial charge in [0.25, 0.3) is 0 Å². The molecule has 0 heterocycles. The average molecular weight is 169 g/mol. The molecule has 0 N–H and O–H groups in total. The minimum Gasteiger partial charge on any atom is -0.455 e. The fourth-order valence-electron chi connectivity index (χ4n) is 0.569. The van der Waals surface area contributed by atoms with Gasteiger partial charge in [0, 0.05) is 6.08 Å². The second kappa shape index (κ2) is 4.46. The zero-order chi connectivity index (χ0) is 9.61. The molecule has 0 saturated carbocycles. The summed E-state index contributed by atoms with van der Waals surface area (Å²) >= 11 is 0. The molecule has 0 atom stereocenters. The predicted molar refractivity (Wildman–Crippen MR) is 43.4 cm³/mol. The Kier molecular flexibility index (Phi) is 3.94. The Hall–Kier alpha value is -1.41. The first-order valence-corrected chi connectivity index (χ1v) is 3.41. The van der Waals surface area contributed by atoms with E-state index in [1.54, 1.807) is 13.8 Å². The van der Waals surface area contributed by atoms with Crippen molar-refractivity contribution < 1.29 is 14.3 Å². The number of nitrogens with zero attached hydrogens (tertiary/aromatic N) is 1. The van der Waals surface area contributed by atoms with Gasteiger partial charge in [-0.3, -0.25) is 0 Å². The molecule has 12 heavy (non-hydrogen) atoms. The van der Waals surface area contributed by atoms with E-state index in [2.05, 4.69) is 11.6 Å². The Labute approximate surface area is 70.9 Å². The van der Waals surface area contributed by atoms with E-state index in [4.69, 9.17) is 4.74 Å².